The topological polar surface area (TPSA) is 32.8 Å². The number of carbonyl (C=O) groups excluding carboxylic acids is 1. The van der Waals surface area contributed by atoms with Crippen molar-refractivity contribution in [3.05, 3.63) is 28.5 Å². The van der Waals surface area contributed by atoms with Crippen LogP contribution in [0.25, 0.3) is 6.08 Å². The molecule has 1 aromatic rings. The molecular weight excluding hydrogens is 284 g/mol. The maximum absolute atomic E-state index is 12.3. The number of thiophene rings is 1. The predicted molar refractivity (Wildman–Crippen MR) is 85.3 cm³/mol. The van der Waals surface area contributed by atoms with Gasteiger partial charge in [-0.1, -0.05) is 6.07 Å². The summed E-state index contributed by atoms with van der Waals surface area (Å²) < 4.78 is 5.47. The lowest BCUT2D eigenvalue weighted by Gasteiger charge is -2.26. The Balaban J connectivity index is 1.53. The molecule has 1 unspecified atom stereocenters. The highest BCUT2D eigenvalue weighted by Crippen LogP contribution is 2.16. The van der Waals surface area contributed by atoms with E-state index in [0.717, 1.165) is 57.1 Å². The van der Waals surface area contributed by atoms with Gasteiger partial charge < -0.3 is 9.64 Å². The average molecular weight is 306 g/mol. The van der Waals surface area contributed by atoms with Crippen LogP contribution in [0.4, 0.5) is 0 Å². The van der Waals surface area contributed by atoms with Gasteiger partial charge in [0.1, 0.15) is 0 Å². The summed E-state index contributed by atoms with van der Waals surface area (Å²) >= 11 is 1.65. The van der Waals surface area contributed by atoms with Gasteiger partial charge in [0, 0.05) is 49.8 Å². The molecule has 1 amide bonds. The summed E-state index contributed by atoms with van der Waals surface area (Å²) in [5, 5.41) is 2.03. The SMILES string of the molecule is O=C(/C=C/c1cccs1)N1CCCN(C2CCOC2)CC1. The highest BCUT2D eigenvalue weighted by Gasteiger charge is 2.26. The van der Waals surface area contributed by atoms with Crippen LogP contribution in [0.2, 0.25) is 0 Å². The van der Waals surface area contributed by atoms with Gasteiger partial charge in [0.2, 0.25) is 5.91 Å². The van der Waals surface area contributed by atoms with Crippen molar-refractivity contribution >= 4 is 23.3 Å². The van der Waals surface area contributed by atoms with Crippen molar-refractivity contribution in [1.82, 2.24) is 9.80 Å². The smallest absolute Gasteiger partial charge is 0.246 e. The predicted octanol–water partition coefficient (Wildman–Crippen LogP) is 2.08. The molecule has 3 heterocycles. The fraction of sp³-hybridized carbons (Fsp3) is 0.562. The van der Waals surface area contributed by atoms with Crippen molar-refractivity contribution in [2.45, 2.75) is 18.9 Å². The summed E-state index contributed by atoms with van der Waals surface area (Å²) in [5.74, 6) is 0.132. The van der Waals surface area contributed by atoms with Gasteiger partial charge in [0.15, 0.2) is 0 Å². The highest BCUT2D eigenvalue weighted by atomic mass is 32.1. The van der Waals surface area contributed by atoms with Crippen molar-refractivity contribution in [1.29, 1.82) is 0 Å². The molecule has 0 N–H and O–H groups in total. The first-order chi connectivity index (χ1) is 10.3. The molecule has 21 heavy (non-hydrogen) atoms. The first-order valence-corrected chi connectivity index (χ1v) is 8.53. The van der Waals surface area contributed by atoms with Crippen LogP contribution in [-0.4, -0.2) is 61.1 Å². The van der Waals surface area contributed by atoms with Gasteiger partial charge in [-0.25, -0.2) is 0 Å². The minimum atomic E-state index is 0.132. The lowest BCUT2D eigenvalue weighted by atomic mass is 10.2. The zero-order valence-electron chi connectivity index (χ0n) is 12.2. The Morgan fingerprint density at radius 3 is 3.05 bits per heavy atom. The Hall–Kier alpha value is -1.17. The largest absolute Gasteiger partial charge is 0.380 e. The molecule has 0 aromatic carbocycles. The molecule has 0 saturated carbocycles. The van der Waals surface area contributed by atoms with Crippen LogP contribution < -0.4 is 0 Å². The molecule has 0 bridgehead atoms. The van der Waals surface area contributed by atoms with Gasteiger partial charge in [-0.3, -0.25) is 9.69 Å². The molecule has 5 heteroatoms. The number of amides is 1. The second kappa shape index (κ2) is 7.20. The molecule has 2 fully saturated rings. The van der Waals surface area contributed by atoms with E-state index in [4.69, 9.17) is 4.74 Å². The Labute approximate surface area is 130 Å². The summed E-state index contributed by atoms with van der Waals surface area (Å²) in [4.78, 5) is 17.9. The molecule has 2 aliphatic rings. The Morgan fingerprint density at radius 2 is 2.29 bits per heavy atom. The average Bonchev–Trinajstić information content (AvgIpc) is 3.15. The van der Waals surface area contributed by atoms with Gasteiger partial charge in [-0.05, 0) is 30.4 Å². The lowest BCUT2D eigenvalue weighted by Crippen LogP contribution is -2.39. The summed E-state index contributed by atoms with van der Waals surface area (Å²) in [6, 6.07) is 4.59. The molecule has 0 aliphatic carbocycles. The standard InChI is InChI=1S/C16H22N2O2S/c19-16(5-4-15-3-1-12-21-15)18-8-2-7-17(9-10-18)14-6-11-20-13-14/h1,3-5,12,14H,2,6-11,13H2/b5-4+. The summed E-state index contributed by atoms with van der Waals surface area (Å²) in [5.41, 5.74) is 0. The third-order valence-electron chi connectivity index (χ3n) is 4.20. The second-order valence-corrected chi connectivity index (χ2v) is 6.56. The quantitative estimate of drug-likeness (QED) is 0.802. The van der Waals surface area contributed by atoms with Crippen LogP contribution in [0.15, 0.2) is 23.6 Å². The van der Waals surface area contributed by atoms with Crippen LogP contribution in [0.5, 0.6) is 0 Å². The van der Waals surface area contributed by atoms with E-state index >= 15 is 0 Å². The molecule has 114 valence electrons. The van der Waals surface area contributed by atoms with Gasteiger partial charge >= 0.3 is 0 Å². The second-order valence-electron chi connectivity index (χ2n) is 5.58. The van der Waals surface area contributed by atoms with Crippen LogP contribution in [0.3, 0.4) is 0 Å². The van der Waals surface area contributed by atoms with E-state index in [1.54, 1.807) is 17.4 Å². The highest BCUT2D eigenvalue weighted by molar-refractivity contribution is 7.10. The van der Waals surface area contributed by atoms with Gasteiger partial charge in [-0.2, -0.15) is 0 Å². The van der Waals surface area contributed by atoms with Crippen LogP contribution in [0, 0.1) is 0 Å². The van der Waals surface area contributed by atoms with Crippen molar-refractivity contribution in [3.8, 4) is 0 Å². The van der Waals surface area contributed by atoms with Crippen molar-refractivity contribution in [3.63, 3.8) is 0 Å². The van der Waals surface area contributed by atoms with E-state index in [9.17, 15) is 4.79 Å². The van der Waals surface area contributed by atoms with E-state index in [1.807, 2.05) is 28.5 Å². The Kier molecular flexibility index (Phi) is 5.06. The summed E-state index contributed by atoms with van der Waals surface area (Å²) in [6.07, 6.45) is 5.81. The molecule has 0 spiro atoms. The molecular formula is C16H22N2O2S. The normalized spacial score (nSPS) is 24.6. The zero-order valence-corrected chi connectivity index (χ0v) is 13.1. The van der Waals surface area contributed by atoms with Gasteiger partial charge in [0.25, 0.3) is 0 Å². The monoisotopic (exact) mass is 306 g/mol. The van der Waals surface area contributed by atoms with E-state index in [0.29, 0.717) is 6.04 Å². The number of hydrogen-bond donors (Lipinski definition) is 0. The Bertz CT molecular complexity index is 480. The van der Waals surface area contributed by atoms with Crippen molar-refractivity contribution < 1.29 is 9.53 Å². The van der Waals surface area contributed by atoms with Crippen molar-refractivity contribution in [2.75, 3.05) is 39.4 Å². The molecule has 1 aromatic heterocycles. The van der Waals surface area contributed by atoms with Crippen molar-refractivity contribution in [2.24, 2.45) is 0 Å². The minimum absolute atomic E-state index is 0.132. The van der Waals surface area contributed by atoms with Gasteiger partial charge in [-0.15, -0.1) is 11.3 Å². The van der Waals surface area contributed by atoms with E-state index in [2.05, 4.69) is 4.90 Å². The maximum atomic E-state index is 12.3. The number of ether oxygens (including phenoxy) is 1. The third kappa shape index (κ3) is 3.93. The van der Waals surface area contributed by atoms with E-state index < -0.39 is 0 Å². The summed E-state index contributed by atoms with van der Waals surface area (Å²) in [7, 11) is 0. The molecule has 2 saturated heterocycles. The first kappa shape index (κ1) is 14.8. The molecule has 2 aliphatic heterocycles. The number of carbonyl (C=O) groups is 1. The maximum Gasteiger partial charge on any atom is 0.246 e. The van der Waals surface area contributed by atoms with Crippen LogP contribution >= 0.6 is 11.3 Å². The lowest BCUT2D eigenvalue weighted by molar-refractivity contribution is -0.125. The van der Waals surface area contributed by atoms with E-state index in [1.165, 1.54) is 0 Å². The molecule has 3 rings (SSSR count). The zero-order chi connectivity index (χ0) is 14.5. The molecule has 0 radical (unpaired) electrons. The van der Waals surface area contributed by atoms with Crippen LogP contribution in [-0.2, 0) is 9.53 Å². The molecule has 1 atom stereocenters. The van der Waals surface area contributed by atoms with Gasteiger partial charge in [0.05, 0.1) is 6.61 Å². The third-order valence-corrected chi connectivity index (χ3v) is 5.04. The Morgan fingerprint density at radius 1 is 1.33 bits per heavy atom. The molecule has 4 nitrogen and oxygen atoms in total. The minimum Gasteiger partial charge on any atom is -0.380 e. The number of rotatable bonds is 3. The first-order valence-electron chi connectivity index (χ1n) is 7.65. The number of hydrogen-bond acceptors (Lipinski definition) is 4. The van der Waals surface area contributed by atoms with Crippen LogP contribution in [0.1, 0.15) is 17.7 Å². The fourth-order valence-electron chi connectivity index (χ4n) is 2.98. The fourth-order valence-corrected chi connectivity index (χ4v) is 3.60. The number of nitrogens with zero attached hydrogens (tertiary/aromatic N) is 2. The van der Waals surface area contributed by atoms with E-state index in [-0.39, 0.29) is 5.91 Å². The summed E-state index contributed by atoms with van der Waals surface area (Å²) in [6.45, 7) is 5.46.